The van der Waals surface area contributed by atoms with Crippen LogP contribution in [0.3, 0.4) is 0 Å². The number of rotatable bonds is 6. The molecule has 1 N–H and O–H groups in total. The van der Waals surface area contributed by atoms with Gasteiger partial charge in [-0.3, -0.25) is 9.59 Å². The first kappa shape index (κ1) is 22.1. The number of esters is 1. The summed E-state index contributed by atoms with van der Waals surface area (Å²) in [6.07, 6.45) is 0.406. The minimum Gasteiger partial charge on any atom is -0.466 e. The Morgan fingerprint density at radius 1 is 1.17 bits per heavy atom. The number of urea groups is 1. The second-order valence-electron chi connectivity index (χ2n) is 7.44. The average molecular weight is 438 g/mol. The highest BCUT2D eigenvalue weighted by Crippen LogP contribution is 2.40. The zero-order valence-electron chi connectivity index (χ0n) is 17.0. The van der Waals surface area contributed by atoms with E-state index in [1.54, 1.807) is 6.92 Å². The Labute approximate surface area is 176 Å². The number of carbonyl (C=O) groups is 3. The number of nitrogens with zero attached hydrogens (tertiary/aromatic N) is 2. The smallest absolute Gasteiger partial charge is 0.317 e. The van der Waals surface area contributed by atoms with Gasteiger partial charge in [0, 0.05) is 39.0 Å². The van der Waals surface area contributed by atoms with Crippen molar-refractivity contribution in [1.82, 2.24) is 15.1 Å². The Balaban J connectivity index is 1.64. The maximum Gasteiger partial charge on any atom is 0.317 e. The van der Waals surface area contributed by atoms with Gasteiger partial charge in [-0.15, -0.1) is 0 Å². The first-order chi connectivity index (χ1) is 14.3. The van der Waals surface area contributed by atoms with Gasteiger partial charge in [0.05, 0.1) is 13.0 Å². The number of ether oxygens (including phenoxy) is 1. The van der Waals surface area contributed by atoms with Crippen molar-refractivity contribution >= 4 is 27.7 Å². The number of carbonyl (C=O) groups excluding carboxylic acids is 3. The van der Waals surface area contributed by atoms with Crippen LogP contribution in [0.5, 0.6) is 0 Å². The Morgan fingerprint density at radius 2 is 1.83 bits per heavy atom. The van der Waals surface area contributed by atoms with Crippen LogP contribution in [0.15, 0.2) is 30.3 Å². The molecule has 0 aromatic heterocycles. The summed E-state index contributed by atoms with van der Waals surface area (Å²) >= 11 is 0. The second-order valence-corrected chi connectivity index (χ2v) is 9.72. The first-order valence-electron chi connectivity index (χ1n) is 10.0. The monoisotopic (exact) mass is 437 g/mol. The van der Waals surface area contributed by atoms with Gasteiger partial charge in [-0.1, -0.05) is 30.3 Å². The van der Waals surface area contributed by atoms with E-state index >= 15 is 0 Å². The molecular weight excluding hydrogens is 410 g/mol. The largest absolute Gasteiger partial charge is 0.466 e. The predicted molar refractivity (Wildman–Crippen MR) is 109 cm³/mol. The van der Waals surface area contributed by atoms with E-state index in [4.69, 9.17) is 4.74 Å². The van der Waals surface area contributed by atoms with Crippen LogP contribution in [0.25, 0.3) is 0 Å². The molecule has 0 atom stereocenters. The van der Waals surface area contributed by atoms with Crippen molar-refractivity contribution in [3.8, 4) is 0 Å². The lowest BCUT2D eigenvalue weighted by atomic mass is 10.0. The fourth-order valence-corrected chi connectivity index (χ4v) is 6.08. The molecule has 3 rings (SSSR count). The maximum atomic E-state index is 12.9. The summed E-state index contributed by atoms with van der Waals surface area (Å²) in [5.74, 6) is -1.28. The Hall–Kier alpha value is -2.62. The Morgan fingerprint density at radius 3 is 2.47 bits per heavy atom. The highest BCUT2D eigenvalue weighted by Gasteiger charge is 2.58. The highest BCUT2D eigenvalue weighted by atomic mass is 32.2. The second kappa shape index (κ2) is 9.03. The molecule has 2 aliphatic rings. The molecule has 2 heterocycles. The molecule has 2 aliphatic heterocycles. The Kier molecular flexibility index (Phi) is 6.64. The number of sulfone groups is 1. The summed E-state index contributed by atoms with van der Waals surface area (Å²) in [5.41, 5.74) is 0.862. The number of hydrogen-bond acceptors (Lipinski definition) is 6. The van der Waals surface area contributed by atoms with E-state index in [1.807, 2.05) is 30.3 Å². The van der Waals surface area contributed by atoms with Gasteiger partial charge in [-0.2, -0.15) is 0 Å². The van der Waals surface area contributed by atoms with Gasteiger partial charge in [0.25, 0.3) is 0 Å². The molecule has 164 valence electrons. The number of amides is 3. The van der Waals surface area contributed by atoms with Gasteiger partial charge in [0.2, 0.25) is 5.91 Å². The van der Waals surface area contributed by atoms with Gasteiger partial charge in [0.1, 0.15) is 10.6 Å². The molecule has 10 heteroatoms. The molecular formula is C20H27N3O6S. The maximum absolute atomic E-state index is 12.9. The van der Waals surface area contributed by atoms with Gasteiger partial charge >= 0.3 is 12.0 Å². The van der Waals surface area contributed by atoms with E-state index in [0.29, 0.717) is 0 Å². The fraction of sp³-hybridized carbons (Fsp3) is 0.550. The van der Waals surface area contributed by atoms with Crippen LogP contribution >= 0.6 is 0 Å². The molecule has 1 aromatic carbocycles. The van der Waals surface area contributed by atoms with E-state index in [0.717, 1.165) is 5.56 Å². The molecule has 2 saturated heterocycles. The van der Waals surface area contributed by atoms with E-state index in [-0.39, 0.29) is 64.0 Å². The summed E-state index contributed by atoms with van der Waals surface area (Å²) in [6.45, 7) is 2.80. The minimum absolute atomic E-state index is 0.0745. The van der Waals surface area contributed by atoms with Crippen LogP contribution in [-0.4, -0.2) is 73.0 Å². The van der Waals surface area contributed by atoms with Crippen molar-refractivity contribution in [3.63, 3.8) is 0 Å². The number of benzene rings is 1. The first-order valence-corrected chi connectivity index (χ1v) is 11.7. The lowest BCUT2D eigenvalue weighted by Crippen LogP contribution is -2.57. The van der Waals surface area contributed by atoms with Crippen LogP contribution in [0.2, 0.25) is 0 Å². The lowest BCUT2D eigenvalue weighted by molar-refractivity contribution is -0.142. The van der Waals surface area contributed by atoms with Gasteiger partial charge in [-0.05, 0) is 12.5 Å². The zero-order chi connectivity index (χ0) is 21.8. The van der Waals surface area contributed by atoms with Crippen molar-refractivity contribution < 1.29 is 27.5 Å². The van der Waals surface area contributed by atoms with E-state index in [9.17, 15) is 22.8 Å². The number of nitrogens with one attached hydrogen (secondary N) is 1. The normalized spacial score (nSPS) is 19.7. The van der Waals surface area contributed by atoms with Crippen molar-refractivity contribution in [3.05, 3.63) is 35.9 Å². The van der Waals surface area contributed by atoms with E-state index in [2.05, 4.69) is 5.32 Å². The number of piperidine rings is 1. The molecule has 2 fully saturated rings. The van der Waals surface area contributed by atoms with E-state index in [1.165, 1.54) is 9.80 Å². The quantitative estimate of drug-likeness (QED) is 0.662. The third kappa shape index (κ3) is 4.43. The molecule has 0 radical (unpaired) electrons. The summed E-state index contributed by atoms with van der Waals surface area (Å²) in [4.78, 5) is 38.0. The van der Waals surface area contributed by atoms with Crippen molar-refractivity contribution in [2.45, 2.75) is 37.6 Å². The van der Waals surface area contributed by atoms with Crippen LogP contribution in [0.1, 0.15) is 31.7 Å². The van der Waals surface area contributed by atoms with Crippen LogP contribution in [0.4, 0.5) is 4.79 Å². The minimum atomic E-state index is -3.65. The molecule has 0 aliphatic carbocycles. The number of hydrogen-bond donors (Lipinski definition) is 1. The van der Waals surface area contributed by atoms with Gasteiger partial charge in [0.15, 0.2) is 9.84 Å². The molecule has 0 unspecified atom stereocenters. The topological polar surface area (TPSA) is 113 Å². The van der Waals surface area contributed by atoms with Crippen LogP contribution in [0, 0.1) is 0 Å². The van der Waals surface area contributed by atoms with Crippen molar-refractivity contribution in [2.75, 3.05) is 32.0 Å². The summed E-state index contributed by atoms with van der Waals surface area (Å²) in [5, 5.41) is 2.66. The molecule has 30 heavy (non-hydrogen) atoms. The van der Waals surface area contributed by atoms with Crippen LogP contribution in [-0.2, 0) is 30.7 Å². The fourth-order valence-electron chi connectivity index (χ4n) is 4.02. The summed E-state index contributed by atoms with van der Waals surface area (Å²) < 4.78 is 30.6. The average Bonchev–Trinajstić information content (AvgIpc) is 2.89. The Bertz CT molecular complexity index is 894. The summed E-state index contributed by atoms with van der Waals surface area (Å²) in [7, 11) is -3.65. The molecule has 9 nitrogen and oxygen atoms in total. The lowest BCUT2D eigenvalue weighted by Gasteiger charge is -2.43. The molecule has 1 spiro atoms. The van der Waals surface area contributed by atoms with Crippen LogP contribution < -0.4 is 5.32 Å². The van der Waals surface area contributed by atoms with E-state index < -0.39 is 26.4 Å². The SMILES string of the molecule is CCOC(=O)CCNC(=O)N1CCC2(CC1)N(Cc1ccccc1)C(=O)CS2(=O)=O. The standard InChI is InChI=1S/C20H27N3O6S/c1-2-29-18(25)8-11-21-19(26)22-12-9-20(10-13-22)23(17(24)15-30(20,27)28)14-16-6-4-3-5-7-16/h3-7H,2,8-15H2,1H3,(H,21,26). The van der Waals surface area contributed by atoms with Gasteiger partial charge in [-0.25, -0.2) is 13.2 Å². The highest BCUT2D eigenvalue weighted by molar-refractivity contribution is 7.93. The van der Waals surface area contributed by atoms with Crippen molar-refractivity contribution in [1.29, 1.82) is 0 Å². The predicted octanol–water partition coefficient (Wildman–Crippen LogP) is 0.899. The summed E-state index contributed by atoms with van der Waals surface area (Å²) in [6, 6.07) is 8.92. The molecule has 1 aromatic rings. The molecule has 0 saturated carbocycles. The molecule has 0 bridgehead atoms. The van der Waals surface area contributed by atoms with Crippen molar-refractivity contribution in [2.24, 2.45) is 0 Å². The van der Waals surface area contributed by atoms with Gasteiger partial charge < -0.3 is 19.9 Å². The zero-order valence-corrected chi connectivity index (χ0v) is 17.8. The number of likely N-dealkylation sites (tertiary alicyclic amines) is 1. The third-order valence-corrected chi connectivity index (χ3v) is 8.02. The molecule has 3 amide bonds. The third-order valence-electron chi connectivity index (χ3n) is 5.61.